The molecule has 0 aliphatic heterocycles. The highest BCUT2D eigenvalue weighted by molar-refractivity contribution is 9.08. The van der Waals surface area contributed by atoms with E-state index < -0.39 is 201 Å². The van der Waals surface area contributed by atoms with Crippen LogP contribution in [0.15, 0.2) is 222 Å². The number of amides is 4. The molecule has 8 aromatic carbocycles. The van der Waals surface area contributed by atoms with Crippen molar-refractivity contribution in [3.8, 4) is 40.2 Å². The molecule has 3 heterocycles. The molecule has 0 saturated carbocycles. The number of benzene rings is 8. The predicted octanol–water partition coefficient (Wildman–Crippen LogP) is 16.8. The molecule has 0 saturated heterocycles. The van der Waals surface area contributed by atoms with Gasteiger partial charge in [0.05, 0.1) is 31.2 Å². The number of nitrogens with one attached hydrogen (secondary N) is 1. The first-order valence-electron chi connectivity index (χ1n) is 37.4. The van der Waals surface area contributed by atoms with Crippen molar-refractivity contribution in [1.29, 1.82) is 5.26 Å². The first-order chi connectivity index (χ1) is 62.4. The second-order valence-electron chi connectivity index (χ2n) is 27.6. The maximum absolute atomic E-state index is 14.9. The van der Waals surface area contributed by atoms with Crippen molar-refractivity contribution in [3.63, 3.8) is 0 Å². The van der Waals surface area contributed by atoms with Gasteiger partial charge in [-0.3, -0.25) is 19.2 Å². The normalized spacial score (nSPS) is 12.9. The van der Waals surface area contributed by atoms with Crippen molar-refractivity contribution in [2.24, 2.45) is 22.9 Å². The lowest BCUT2D eigenvalue weighted by Gasteiger charge is -2.29. The van der Waals surface area contributed by atoms with E-state index in [9.17, 15) is 123 Å². The summed E-state index contributed by atoms with van der Waals surface area (Å²) in [6, 6.07) is 28.5. The van der Waals surface area contributed by atoms with E-state index >= 15 is 0 Å². The molecule has 4 amide bonds. The fourth-order valence-corrected chi connectivity index (χ4v) is 18.5. The molecule has 0 fully saturated rings. The summed E-state index contributed by atoms with van der Waals surface area (Å²) in [5, 5.41) is 21.0. The quantitative estimate of drug-likeness (QED) is 0.0185. The summed E-state index contributed by atoms with van der Waals surface area (Å²) in [6.45, 7) is -2.32. The molecule has 0 radical (unpaired) electrons. The standard InChI is InChI=1S/2C20H17ClF4N4O4S.C19H16ClF4N3O3S.C11H12ClF3N2O3S.C9H6BrFN2O.CH4/c2*21-14-3-5-15(6-4-14)34(31,32)29(17(18(26)30)7-8-20(23,24)25)10-13-2-1-12(9-16(13)22)19-27-11-33-28-19;20-14-3-5-15(6-4-14)31(29,30)27(17(18(26)28)7-8-19(22,23)24)11-13-2-1-12(10-25)9-16(13)21;12-7-1-3-8(4-2-7)21(19,20)17-9(10(16)18)5-6-11(13,14)15;10-4-7-2-1-6(3-8(7)11)9-12-5-14-13-9;/h2*1-6,9,11,17H,7-8,10H2,(H2,26,30);1-6,9,17H,7-8,11H2,(H2,26,28);1-4,9,17H,5-6H2,(H2,16,18);1-3,5H,4H2;1H4/t3*17-;9-;;/m1111../s1. The smallest absolute Gasteiger partial charge is 0.368 e. The summed E-state index contributed by atoms with van der Waals surface area (Å²) < 4.78 is 330. The van der Waals surface area contributed by atoms with Crippen molar-refractivity contribution in [3.05, 3.63) is 260 Å². The van der Waals surface area contributed by atoms with Gasteiger partial charge in [-0.15, -0.1) is 0 Å². The lowest BCUT2D eigenvalue weighted by Crippen LogP contribution is -2.48. The van der Waals surface area contributed by atoms with Gasteiger partial charge in [-0.25, -0.2) is 51.2 Å². The summed E-state index contributed by atoms with van der Waals surface area (Å²) in [5.74, 6) is -7.66. The van der Waals surface area contributed by atoms with Gasteiger partial charge in [-0.05, 0) is 159 Å². The number of aromatic nitrogens is 6. The van der Waals surface area contributed by atoms with Gasteiger partial charge in [0.1, 0.15) is 47.4 Å². The van der Waals surface area contributed by atoms with Gasteiger partial charge < -0.3 is 36.5 Å². The number of hydrogen-bond donors (Lipinski definition) is 5. The van der Waals surface area contributed by atoms with Gasteiger partial charge in [0.15, 0.2) is 0 Å². The summed E-state index contributed by atoms with van der Waals surface area (Å²) >= 11 is 26.1. The maximum Gasteiger partial charge on any atom is 0.389 e. The van der Waals surface area contributed by atoms with Crippen LogP contribution in [0.5, 0.6) is 0 Å². The predicted molar refractivity (Wildman–Crippen MR) is 457 cm³/mol. The summed E-state index contributed by atoms with van der Waals surface area (Å²) in [4.78, 5) is 57.3. The number of nitrogens with zero attached hydrogens (tertiary/aromatic N) is 10. The Morgan fingerprint density at radius 2 is 0.652 bits per heavy atom. The third-order valence-electron chi connectivity index (χ3n) is 18.2. The lowest BCUT2D eigenvalue weighted by atomic mass is 10.1. The second kappa shape index (κ2) is 48.9. The number of halogens is 21. The van der Waals surface area contributed by atoms with Gasteiger partial charge in [-0.2, -0.15) is 90.5 Å². The fourth-order valence-electron chi connectivity index (χ4n) is 11.5. The highest BCUT2D eigenvalue weighted by Gasteiger charge is 2.43. The minimum absolute atomic E-state index is 0. The van der Waals surface area contributed by atoms with E-state index in [1.54, 1.807) is 18.2 Å². The van der Waals surface area contributed by atoms with Crippen molar-refractivity contribution < 1.29 is 137 Å². The van der Waals surface area contributed by atoms with Crippen LogP contribution >= 0.6 is 62.3 Å². The minimum atomic E-state index is -4.68. The molecule has 30 nitrogen and oxygen atoms in total. The van der Waals surface area contributed by atoms with Crippen LogP contribution < -0.4 is 27.7 Å². The van der Waals surface area contributed by atoms with Crippen LogP contribution in [0, 0.1) is 34.6 Å². The van der Waals surface area contributed by atoms with Crippen LogP contribution in [0.25, 0.3) is 34.2 Å². The van der Waals surface area contributed by atoms with Gasteiger partial charge in [0.25, 0.3) is 0 Å². The number of sulfonamides is 4. The largest absolute Gasteiger partial charge is 0.389 e. The molecule has 0 unspecified atom stereocenters. The lowest BCUT2D eigenvalue weighted by molar-refractivity contribution is -0.141. The average Bonchev–Trinajstić information content (AvgIpc) is 1.26. The molecule has 0 aliphatic carbocycles. The first-order valence-corrected chi connectivity index (χ1v) is 45.8. The Morgan fingerprint density at radius 1 is 0.393 bits per heavy atom. The fraction of sp³-hybridized carbons (Fsp3) is 0.263. The Balaban J connectivity index is 0.000000266. The van der Waals surface area contributed by atoms with Crippen LogP contribution in [0.3, 0.4) is 0 Å². The van der Waals surface area contributed by atoms with Crippen molar-refractivity contribution in [2.45, 2.75) is 152 Å². The summed E-state index contributed by atoms with van der Waals surface area (Å²) in [7, 11) is -17.9. The van der Waals surface area contributed by atoms with Gasteiger partial charge in [0, 0.05) is 104 Å². The number of primary amides is 4. The topological polar surface area (TPSA) is 471 Å². The monoisotopic (exact) mass is 2130 g/mol. The molecule has 9 N–H and O–H groups in total. The molecular formula is C80H72BrCl4F16N15O15S4. The first kappa shape index (κ1) is 112. The van der Waals surface area contributed by atoms with Crippen molar-refractivity contribution >= 4 is 126 Å². The van der Waals surface area contributed by atoms with Crippen molar-refractivity contribution in [2.75, 3.05) is 0 Å². The highest BCUT2D eigenvalue weighted by Crippen LogP contribution is 2.36. The van der Waals surface area contributed by atoms with Gasteiger partial charge in [-0.1, -0.05) is 128 Å². The van der Waals surface area contributed by atoms with Gasteiger partial charge in [0.2, 0.25) is 100 Å². The Hall–Kier alpha value is -11.3. The highest BCUT2D eigenvalue weighted by atomic mass is 79.9. The van der Waals surface area contributed by atoms with Crippen LogP contribution in [0.4, 0.5) is 70.2 Å². The van der Waals surface area contributed by atoms with E-state index in [1.807, 2.05) is 4.72 Å². The van der Waals surface area contributed by atoms with Gasteiger partial charge >= 0.3 is 24.7 Å². The molecule has 0 bridgehead atoms. The molecular weight excluding hydrogens is 2060 g/mol. The van der Waals surface area contributed by atoms with E-state index in [2.05, 4.69) is 59.9 Å². The third-order valence-corrected chi connectivity index (χ3v) is 26.9. The third kappa shape index (κ3) is 34.2. The number of alkyl halides is 13. The minimum Gasteiger partial charge on any atom is -0.368 e. The number of nitrogens with two attached hydrogens (primary N) is 4. The number of carbonyl (C=O) groups excluding carboxylic acids is 4. The molecule has 3 aromatic heterocycles. The van der Waals surface area contributed by atoms with Crippen LogP contribution in [0.2, 0.25) is 20.1 Å². The number of rotatable bonds is 34. The number of nitriles is 1. The molecule has 728 valence electrons. The van der Waals surface area contributed by atoms with Crippen LogP contribution in [-0.2, 0) is 84.2 Å². The molecule has 135 heavy (non-hydrogen) atoms. The number of carbonyl (C=O) groups is 4. The van der Waals surface area contributed by atoms with E-state index in [0.29, 0.717) is 35.2 Å². The molecule has 11 rings (SSSR count). The van der Waals surface area contributed by atoms with E-state index in [-0.39, 0.29) is 97.9 Å². The molecule has 0 aliphatic rings. The number of hydrogen-bond acceptors (Lipinski definition) is 22. The Morgan fingerprint density at radius 3 is 0.881 bits per heavy atom. The summed E-state index contributed by atoms with van der Waals surface area (Å²) in [5.41, 5.74) is 21.6. The second-order valence-corrected chi connectivity index (χ2v) is 37.3. The molecule has 55 heteroatoms. The Kier molecular flexibility index (Phi) is 40.8. The van der Waals surface area contributed by atoms with Crippen molar-refractivity contribution in [1.82, 2.24) is 48.1 Å². The Bertz CT molecular complexity index is 6170. The van der Waals surface area contributed by atoms with Crippen LogP contribution in [0.1, 0.15) is 86.6 Å². The Labute approximate surface area is 786 Å². The van der Waals surface area contributed by atoms with Crippen LogP contribution in [-0.4, -0.2) is 150 Å². The zero-order chi connectivity index (χ0) is 99.8. The summed E-state index contributed by atoms with van der Waals surface area (Å²) in [6.07, 6.45) is -24.7. The van der Waals surface area contributed by atoms with E-state index in [0.717, 1.165) is 85.6 Å². The SMILES string of the molecule is C.Fc1cc(-c2ncon2)ccc1CBr.N#Cc1ccc(CN([C@H](CCC(F)(F)F)C(N)=O)S(=O)(=O)c2ccc(Cl)cc2)c(F)c1.NC(=O)[C@@H](CCC(F)(F)F)N(Cc1ccc(-c2ncon2)cc1F)S(=O)(=O)c1ccc(Cl)cc1.NC(=O)[C@@H](CCC(F)(F)F)N(Cc1ccc(-c2ncon2)cc1F)S(=O)(=O)c1ccc(Cl)cc1.NC(=O)[C@@H](CCC(F)(F)F)NS(=O)(=O)c1ccc(Cl)cc1. The maximum atomic E-state index is 14.9. The van der Waals surface area contributed by atoms with E-state index in [1.165, 1.54) is 91.3 Å². The zero-order valence-electron chi connectivity index (χ0n) is 67.7. The molecule has 0 spiro atoms. The molecule has 11 aromatic rings. The van der Waals surface area contributed by atoms with E-state index in [4.69, 9.17) is 74.6 Å². The zero-order valence-corrected chi connectivity index (χ0v) is 75.5. The molecule has 4 atom stereocenters. The average molecular weight is 2140 g/mol.